The summed E-state index contributed by atoms with van der Waals surface area (Å²) in [5.74, 6) is -0.211. The molecule has 0 fully saturated rings. The molecule has 0 aliphatic carbocycles. The molecule has 2 aromatic heterocycles. The molecule has 0 saturated carbocycles. The lowest BCUT2D eigenvalue weighted by molar-refractivity contribution is 0.102. The third-order valence-corrected chi connectivity index (χ3v) is 4.19. The first-order valence-electron chi connectivity index (χ1n) is 5.35. The van der Waals surface area contributed by atoms with Gasteiger partial charge in [0, 0.05) is 19.5 Å². The Hall–Kier alpha value is -1.47. The summed E-state index contributed by atoms with van der Waals surface area (Å²) < 4.78 is 0. The minimum absolute atomic E-state index is 0.211. The van der Waals surface area contributed by atoms with Gasteiger partial charge in [-0.15, -0.1) is 22.7 Å². The maximum Gasteiger partial charge on any atom is 0.279 e. The van der Waals surface area contributed by atoms with Gasteiger partial charge < -0.3 is 4.90 Å². The summed E-state index contributed by atoms with van der Waals surface area (Å²) in [5, 5.41) is 7.01. The van der Waals surface area contributed by atoms with Gasteiger partial charge in [-0.1, -0.05) is 0 Å². The normalized spacial score (nSPS) is 10.4. The number of nitrogens with one attached hydrogen (secondary N) is 1. The van der Waals surface area contributed by atoms with Crippen LogP contribution in [0.5, 0.6) is 0 Å². The van der Waals surface area contributed by atoms with Crippen molar-refractivity contribution in [1.82, 2.24) is 9.97 Å². The average Bonchev–Trinajstić information content (AvgIpc) is 2.85. The van der Waals surface area contributed by atoms with Crippen molar-refractivity contribution >= 4 is 38.7 Å². The number of aryl methyl sites for hydroxylation is 2. The molecule has 5 nitrogen and oxygen atoms in total. The maximum absolute atomic E-state index is 12.1. The number of hydrogen-bond acceptors (Lipinski definition) is 6. The molecule has 0 aromatic carbocycles. The van der Waals surface area contributed by atoms with Crippen molar-refractivity contribution in [2.45, 2.75) is 13.8 Å². The molecule has 7 heteroatoms. The maximum atomic E-state index is 12.1. The van der Waals surface area contributed by atoms with Gasteiger partial charge in [-0.05, 0) is 13.8 Å². The van der Waals surface area contributed by atoms with Crippen molar-refractivity contribution in [2.75, 3.05) is 24.3 Å². The van der Waals surface area contributed by atoms with Crippen molar-refractivity contribution in [3.8, 4) is 0 Å². The van der Waals surface area contributed by atoms with E-state index in [9.17, 15) is 4.79 Å². The molecule has 18 heavy (non-hydrogen) atoms. The number of thiazole rings is 2. The zero-order valence-corrected chi connectivity index (χ0v) is 12.3. The van der Waals surface area contributed by atoms with Crippen LogP contribution >= 0.6 is 22.7 Å². The van der Waals surface area contributed by atoms with E-state index in [-0.39, 0.29) is 5.91 Å². The highest BCUT2D eigenvalue weighted by atomic mass is 32.1. The van der Waals surface area contributed by atoms with Crippen LogP contribution in [0, 0.1) is 13.8 Å². The summed E-state index contributed by atoms with van der Waals surface area (Å²) >= 11 is 2.92. The van der Waals surface area contributed by atoms with Crippen molar-refractivity contribution in [3.05, 3.63) is 21.8 Å². The van der Waals surface area contributed by atoms with Crippen LogP contribution in [0.25, 0.3) is 0 Å². The van der Waals surface area contributed by atoms with Crippen LogP contribution < -0.4 is 10.2 Å². The van der Waals surface area contributed by atoms with E-state index < -0.39 is 0 Å². The van der Waals surface area contributed by atoms with Crippen LogP contribution in [0.1, 0.15) is 21.2 Å². The van der Waals surface area contributed by atoms with E-state index in [1.165, 1.54) is 22.7 Å². The Bertz CT molecular complexity index is 573. The van der Waals surface area contributed by atoms with Crippen molar-refractivity contribution < 1.29 is 4.79 Å². The van der Waals surface area contributed by atoms with E-state index in [0.29, 0.717) is 10.8 Å². The molecule has 1 amide bonds. The van der Waals surface area contributed by atoms with Gasteiger partial charge >= 0.3 is 0 Å². The fourth-order valence-corrected chi connectivity index (χ4v) is 2.95. The molecular formula is C11H14N4OS2. The van der Waals surface area contributed by atoms with Gasteiger partial charge in [0.25, 0.3) is 5.91 Å². The third-order valence-electron chi connectivity index (χ3n) is 2.18. The molecule has 0 bridgehead atoms. The van der Waals surface area contributed by atoms with E-state index in [4.69, 9.17) is 0 Å². The molecule has 0 saturated heterocycles. The number of carbonyl (C=O) groups excluding carboxylic acids is 1. The summed E-state index contributed by atoms with van der Waals surface area (Å²) in [6.07, 6.45) is 0. The molecule has 0 aliphatic heterocycles. The van der Waals surface area contributed by atoms with Gasteiger partial charge in [0.15, 0.2) is 10.8 Å². The fraction of sp³-hybridized carbons (Fsp3) is 0.364. The van der Waals surface area contributed by atoms with Crippen molar-refractivity contribution in [2.24, 2.45) is 0 Å². The van der Waals surface area contributed by atoms with Crippen molar-refractivity contribution in [1.29, 1.82) is 0 Å². The Morgan fingerprint density at radius 1 is 1.33 bits per heavy atom. The van der Waals surface area contributed by atoms with Crippen LogP contribution in [0.15, 0.2) is 5.38 Å². The van der Waals surface area contributed by atoms with Crippen molar-refractivity contribution in [3.63, 3.8) is 0 Å². The minimum Gasteiger partial charge on any atom is -0.368 e. The second kappa shape index (κ2) is 5.03. The molecule has 0 aliphatic rings. The second-order valence-electron chi connectivity index (χ2n) is 4.03. The van der Waals surface area contributed by atoms with Gasteiger partial charge in [0.1, 0.15) is 5.00 Å². The number of anilines is 2. The molecular weight excluding hydrogens is 268 g/mol. The number of hydrogen-bond donors (Lipinski definition) is 1. The topological polar surface area (TPSA) is 58.1 Å². The standard InChI is InChI=1S/C11H14N4OS2/c1-6-5-17-11(12-6)14-9(16)8-10(15(3)4)18-7(2)13-8/h5H,1-4H3,(H,12,14,16). The first-order valence-corrected chi connectivity index (χ1v) is 7.05. The van der Waals surface area contributed by atoms with Crippen LogP contribution in [0.3, 0.4) is 0 Å². The predicted octanol–water partition coefficient (Wildman–Crippen LogP) is 2.53. The minimum atomic E-state index is -0.211. The average molecular weight is 282 g/mol. The Labute approximate surface area is 114 Å². The van der Waals surface area contributed by atoms with Gasteiger partial charge in [-0.3, -0.25) is 10.1 Å². The fourth-order valence-electron chi connectivity index (χ4n) is 1.44. The molecule has 2 rings (SSSR count). The highest BCUT2D eigenvalue weighted by Gasteiger charge is 2.19. The Balaban J connectivity index is 2.23. The van der Waals surface area contributed by atoms with Gasteiger partial charge in [0.05, 0.1) is 10.7 Å². The number of rotatable bonds is 3. The van der Waals surface area contributed by atoms with Crippen LogP contribution in [-0.2, 0) is 0 Å². The molecule has 2 aromatic rings. The van der Waals surface area contributed by atoms with E-state index in [1.54, 1.807) is 0 Å². The lowest BCUT2D eigenvalue weighted by Crippen LogP contribution is -2.17. The van der Waals surface area contributed by atoms with E-state index >= 15 is 0 Å². The van der Waals surface area contributed by atoms with Gasteiger partial charge in [-0.25, -0.2) is 9.97 Å². The van der Waals surface area contributed by atoms with Crippen LogP contribution in [0.4, 0.5) is 10.1 Å². The summed E-state index contributed by atoms with van der Waals surface area (Å²) in [5.41, 5.74) is 1.35. The first-order chi connectivity index (χ1) is 8.47. The van der Waals surface area contributed by atoms with Gasteiger partial charge in [-0.2, -0.15) is 0 Å². The summed E-state index contributed by atoms with van der Waals surface area (Å²) in [7, 11) is 3.80. The number of nitrogens with zero attached hydrogens (tertiary/aromatic N) is 3. The predicted molar refractivity (Wildman–Crippen MR) is 76.0 cm³/mol. The molecule has 0 spiro atoms. The Morgan fingerprint density at radius 2 is 2.06 bits per heavy atom. The SMILES string of the molecule is Cc1csc(NC(=O)c2nc(C)sc2N(C)C)n1. The summed E-state index contributed by atoms with van der Waals surface area (Å²) in [6, 6.07) is 0. The number of amides is 1. The second-order valence-corrected chi connectivity index (χ2v) is 6.07. The molecule has 0 unspecified atom stereocenters. The first kappa shape index (κ1) is 13.0. The zero-order valence-electron chi connectivity index (χ0n) is 10.6. The molecule has 96 valence electrons. The summed E-state index contributed by atoms with van der Waals surface area (Å²) in [4.78, 5) is 22.5. The monoisotopic (exact) mass is 282 g/mol. The van der Waals surface area contributed by atoms with Crippen LogP contribution in [-0.4, -0.2) is 30.0 Å². The largest absolute Gasteiger partial charge is 0.368 e. The Kier molecular flexibility index (Phi) is 3.63. The highest BCUT2D eigenvalue weighted by Crippen LogP contribution is 2.27. The summed E-state index contributed by atoms with van der Waals surface area (Å²) in [6.45, 7) is 3.78. The van der Waals surface area contributed by atoms with E-state index in [0.717, 1.165) is 15.7 Å². The number of carbonyl (C=O) groups is 1. The highest BCUT2D eigenvalue weighted by molar-refractivity contribution is 7.16. The Morgan fingerprint density at radius 3 is 2.61 bits per heavy atom. The van der Waals surface area contributed by atoms with E-state index in [2.05, 4.69) is 15.3 Å². The van der Waals surface area contributed by atoms with Crippen LogP contribution in [0.2, 0.25) is 0 Å². The zero-order chi connectivity index (χ0) is 13.3. The molecule has 2 heterocycles. The third kappa shape index (κ3) is 2.68. The molecule has 0 radical (unpaired) electrons. The quantitative estimate of drug-likeness (QED) is 0.940. The molecule has 1 N–H and O–H groups in total. The molecule has 0 atom stereocenters. The smallest absolute Gasteiger partial charge is 0.279 e. The number of aromatic nitrogens is 2. The lowest BCUT2D eigenvalue weighted by atomic mass is 10.4. The van der Waals surface area contributed by atoms with Gasteiger partial charge in [0.2, 0.25) is 0 Å². The van der Waals surface area contributed by atoms with E-state index in [1.807, 2.05) is 38.2 Å². The lowest BCUT2D eigenvalue weighted by Gasteiger charge is -2.10.